The molecule has 1 aliphatic rings. The van der Waals surface area contributed by atoms with Crippen LogP contribution in [0.3, 0.4) is 0 Å². The number of aliphatic hydroxyl groups is 2. The van der Waals surface area contributed by atoms with Crippen molar-refractivity contribution in [3.05, 3.63) is 16.8 Å². The monoisotopic (exact) mass is 300 g/mol. The minimum absolute atomic E-state index is 0.0275. The lowest BCUT2D eigenvalue weighted by Gasteiger charge is -2.12. The largest absolute Gasteiger partial charge is 0.395 e. The fourth-order valence-corrected chi connectivity index (χ4v) is 3.23. The van der Waals surface area contributed by atoms with Gasteiger partial charge in [-0.25, -0.2) is 9.78 Å². The molecule has 0 aromatic carbocycles. The third-order valence-electron chi connectivity index (χ3n) is 2.99. The van der Waals surface area contributed by atoms with Crippen molar-refractivity contribution in [1.82, 2.24) is 14.5 Å². The highest BCUT2D eigenvalue weighted by molar-refractivity contribution is 8.00. The van der Waals surface area contributed by atoms with E-state index < -0.39 is 11.8 Å². The number of nitrogens with one attached hydrogen (secondary N) is 1. The van der Waals surface area contributed by atoms with E-state index in [2.05, 4.69) is 15.3 Å². The number of aromatic nitrogens is 3. The van der Waals surface area contributed by atoms with Gasteiger partial charge in [-0.15, -0.1) is 11.8 Å². The van der Waals surface area contributed by atoms with E-state index in [1.807, 2.05) is 0 Å². The molecule has 3 atom stereocenters. The molecule has 2 heterocycles. The number of carbonyl (C=O) groups is 1. The lowest BCUT2D eigenvalue weighted by molar-refractivity contribution is -0.115. The number of thioether (sulfide) groups is 1. The molecule has 0 aliphatic carbocycles. The lowest BCUT2D eigenvalue weighted by atomic mass is 10.2. The highest BCUT2D eigenvalue weighted by atomic mass is 32.2. The molecule has 1 unspecified atom stereocenters. The van der Waals surface area contributed by atoms with Gasteiger partial charge in [-0.2, -0.15) is 4.98 Å². The van der Waals surface area contributed by atoms with Gasteiger partial charge in [-0.1, -0.05) is 6.92 Å². The number of carbonyl (C=O) groups excluding carboxylic acids is 1. The summed E-state index contributed by atoms with van der Waals surface area (Å²) in [7, 11) is 0. The molecule has 1 amide bonds. The Balaban J connectivity index is 2.15. The summed E-state index contributed by atoms with van der Waals surface area (Å²) in [5.74, 6) is -0.298. The molecule has 2 rings (SSSR count). The first-order valence-electron chi connectivity index (χ1n) is 6.24. The maximum Gasteiger partial charge on any atom is 0.353 e. The zero-order valence-electron chi connectivity index (χ0n) is 10.9. The van der Waals surface area contributed by atoms with Crippen LogP contribution in [-0.2, 0) is 4.79 Å². The van der Waals surface area contributed by atoms with Crippen LogP contribution in [-0.4, -0.2) is 48.6 Å². The molecule has 3 N–H and O–H groups in total. The van der Waals surface area contributed by atoms with Crippen LogP contribution < -0.4 is 11.0 Å². The van der Waals surface area contributed by atoms with Crippen LogP contribution in [0, 0.1) is 0 Å². The van der Waals surface area contributed by atoms with Crippen molar-refractivity contribution in [3.63, 3.8) is 0 Å². The predicted molar refractivity (Wildman–Crippen MR) is 73.3 cm³/mol. The Kier molecular flexibility index (Phi) is 4.73. The number of nitrogens with zero attached hydrogens (tertiary/aromatic N) is 3. The minimum Gasteiger partial charge on any atom is -0.395 e. The Morgan fingerprint density at radius 3 is 2.95 bits per heavy atom. The molecule has 20 heavy (non-hydrogen) atoms. The van der Waals surface area contributed by atoms with Crippen molar-refractivity contribution in [3.8, 4) is 0 Å². The standard InChI is InChI=1S/C11H16N4O4S/c1-2-8(18)13-10-12-5-15(11(19)14-10)9-3-6(17)7(4-16)20-9/h5-7,9,16-17H,2-4H2,1H3,(H,13,14,18,19)/t6-,7?,9-/m1/s1. The van der Waals surface area contributed by atoms with E-state index in [1.54, 1.807) is 6.92 Å². The fraction of sp³-hybridized carbons (Fsp3) is 0.636. The average Bonchev–Trinajstić information content (AvgIpc) is 2.79. The molecule has 0 spiro atoms. The highest BCUT2D eigenvalue weighted by Crippen LogP contribution is 2.40. The zero-order chi connectivity index (χ0) is 14.7. The third-order valence-corrected chi connectivity index (χ3v) is 4.54. The van der Waals surface area contributed by atoms with Crippen molar-refractivity contribution >= 4 is 23.6 Å². The van der Waals surface area contributed by atoms with Gasteiger partial charge in [-0.3, -0.25) is 14.7 Å². The normalized spacial score (nSPS) is 25.6. The van der Waals surface area contributed by atoms with Crippen molar-refractivity contribution in [2.45, 2.75) is 36.5 Å². The van der Waals surface area contributed by atoms with Gasteiger partial charge in [0.1, 0.15) is 6.33 Å². The summed E-state index contributed by atoms with van der Waals surface area (Å²) in [6.07, 6.45) is 1.25. The Bertz CT molecular complexity index is 549. The number of rotatable bonds is 4. The summed E-state index contributed by atoms with van der Waals surface area (Å²) in [6, 6.07) is 0. The SMILES string of the molecule is CCC(=O)Nc1ncn([C@H]2C[C@@H](O)C(CO)S2)c(=O)n1. The molecule has 1 aromatic heterocycles. The Morgan fingerprint density at radius 2 is 2.40 bits per heavy atom. The molecule has 9 heteroatoms. The van der Waals surface area contributed by atoms with Crippen molar-refractivity contribution in [1.29, 1.82) is 0 Å². The quantitative estimate of drug-likeness (QED) is 0.676. The molecular weight excluding hydrogens is 284 g/mol. The summed E-state index contributed by atoms with van der Waals surface area (Å²) in [5, 5.41) is 20.6. The summed E-state index contributed by atoms with van der Waals surface area (Å²) < 4.78 is 1.30. The van der Waals surface area contributed by atoms with Crippen molar-refractivity contribution < 1.29 is 15.0 Å². The van der Waals surface area contributed by atoms with Crippen LogP contribution in [0.4, 0.5) is 5.95 Å². The van der Waals surface area contributed by atoms with Gasteiger partial charge >= 0.3 is 5.69 Å². The highest BCUT2D eigenvalue weighted by Gasteiger charge is 2.34. The smallest absolute Gasteiger partial charge is 0.353 e. The van der Waals surface area contributed by atoms with Crippen LogP contribution in [0.5, 0.6) is 0 Å². The van der Waals surface area contributed by atoms with Crippen LogP contribution >= 0.6 is 11.8 Å². The van der Waals surface area contributed by atoms with E-state index in [0.29, 0.717) is 6.42 Å². The second-order valence-corrected chi connectivity index (χ2v) is 5.81. The van der Waals surface area contributed by atoms with E-state index in [1.165, 1.54) is 22.7 Å². The van der Waals surface area contributed by atoms with Gasteiger partial charge in [0.15, 0.2) is 0 Å². The first-order valence-corrected chi connectivity index (χ1v) is 7.18. The number of anilines is 1. The molecule has 1 aromatic rings. The number of hydrogen-bond donors (Lipinski definition) is 3. The molecule has 0 saturated carbocycles. The van der Waals surface area contributed by atoms with Crippen LogP contribution in [0.2, 0.25) is 0 Å². The Hall–Kier alpha value is -1.45. The van der Waals surface area contributed by atoms with Crippen LogP contribution in [0.15, 0.2) is 11.1 Å². The first kappa shape index (κ1) is 14.9. The van der Waals surface area contributed by atoms with Gasteiger partial charge in [0, 0.05) is 12.8 Å². The van der Waals surface area contributed by atoms with Crippen LogP contribution in [0.1, 0.15) is 25.1 Å². The molecule has 1 fully saturated rings. The third kappa shape index (κ3) is 3.17. The van der Waals surface area contributed by atoms with E-state index in [4.69, 9.17) is 5.11 Å². The molecule has 110 valence electrons. The van der Waals surface area contributed by atoms with E-state index in [-0.39, 0.29) is 35.5 Å². The van der Waals surface area contributed by atoms with E-state index in [0.717, 1.165) is 0 Å². The molecule has 8 nitrogen and oxygen atoms in total. The Morgan fingerprint density at radius 1 is 1.65 bits per heavy atom. The topological polar surface area (TPSA) is 117 Å². The van der Waals surface area contributed by atoms with Crippen molar-refractivity contribution in [2.24, 2.45) is 0 Å². The second-order valence-electron chi connectivity index (χ2n) is 4.39. The van der Waals surface area contributed by atoms with E-state index >= 15 is 0 Å². The van der Waals surface area contributed by atoms with Gasteiger partial charge < -0.3 is 10.2 Å². The van der Waals surface area contributed by atoms with Gasteiger partial charge in [0.25, 0.3) is 0 Å². The van der Waals surface area contributed by atoms with Gasteiger partial charge in [-0.05, 0) is 0 Å². The Labute approximate surface area is 119 Å². The van der Waals surface area contributed by atoms with E-state index in [9.17, 15) is 14.7 Å². The van der Waals surface area contributed by atoms with Gasteiger partial charge in [0.05, 0.1) is 23.3 Å². The maximum absolute atomic E-state index is 11.9. The summed E-state index contributed by atoms with van der Waals surface area (Å²) in [6.45, 7) is 1.53. The summed E-state index contributed by atoms with van der Waals surface area (Å²) >= 11 is 1.31. The van der Waals surface area contributed by atoms with Gasteiger partial charge in [0.2, 0.25) is 11.9 Å². The predicted octanol–water partition coefficient (Wildman–Crippen LogP) is -0.656. The minimum atomic E-state index is -0.665. The molecule has 0 radical (unpaired) electrons. The second kappa shape index (κ2) is 6.33. The molecular formula is C11H16N4O4S. The number of hydrogen-bond acceptors (Lipinski definition) is 7. The summed E-state index contributed by atoms with van der Waals surface area (Å²) in [4.78, 5) is 30.7. The van der Waals surface area contributed by atoms with Crippen molar-refractivity contribution in [2.75, 3.05) is 11.9 Å². The maximum atomic E-state index is 11.9. The number of aliphatic hydroxyl groups excluding tert-OH is 2. The van der Waals surface area contributed by atoms with Crippen LogP contribution in [0.25, 0.3) is 0 Å². The zero-order valence-corrected chi connectivity index (χ0v) is 11.7. The average molecular weight is 300 g/mol. The summed E-state index contributed by atoms with van der Waals surface area (Å²) in [5.41, 5.74) is -0.547. The first-order chi connectivity index (χ1) is 9.55. The molecule has 0 bridgehead atoms. The molecule has 1 saturated heterocycles. The lowest BCUT2D eigenvalue weighted by Crippen LogP contribution is -2.27. The number of amides is 1. The molecule has 1 aliphatic heterocycles. The fourth-order valence-electron chi connectivity index (χ4n) is 1.86.